The van der Waals surface area contributed by atoms with E-state index in [1.165, 1.54) is 11.3 Å². The Labute approximate surface area is 121 Å². The van der Waals surface area contributed by atoms with Crippen molar-refractivity contribution in [1.82, 2.24) is 24.6 Å². The van der Waals surface area contributed by atoms with Gasteiger partial charge in [0.25, 0.3) is 0 Å². The maximum absolute atomic E-state index is 4.53. The van der Waals surface area contributed by atoms with Gasteiger partial charge >= 0.3 is 0 Å². The van der Waals surface area contributed by atoms with Gasteiger partial charge in [-0.3, -0.25) is 4.68 Å². The lowest BCUT2D eigenvalue weighted by atomic mass is 9.99. The van der Waals surface area contributed by atoms with Crippen LogP contribution >= 0.6 is 0 Å². The maximum Gasteiger partial charge on any atom is 0.108 e. The Hall–Kier alpha value is -1.62. The first-order valence-electron chi connectivity index (χ1n) is 7.24. The first-order valence-corrected chi connectivity index (χ1v) is 7.24. The Morgan fingerprint density at radius 3 is 2.55 bits per heavy atom. The smallest absolute Gasteiger partial charge is 0.108 e. The van der Waals surface area contributed by atoms with Crippen molar-refractivity contribution in [2.75, 3.05) is 6.54 Å². The number of imidazole rings is 1. The molecule has 0 aliphatic heterocycles. The summed E-state index contributed by atoms with van der Waals surface area (Å²) in [5.74, 6) is 1.13. The van der Waals surface area contributed by atoms with E-state index in [4.69, 9.17) is 0 Å². The summed E-state index contributed by atoms with van der Waals surface area (Å²) in [4.78, 5) is 4.41. The molecule has 0 spiro atoms. The van der Waals surface area contributed by atoms with Crippen LogP contribution in [-0.4, -0.2) is 25.9 Å². The number of nitrogens with zero attached hydrogens (tertiary/aromatic N) is 4. The average Bonchev–Trinajstić information content (AvgIpc) is 2.91. The van der Waals surface area contributed by atoms with Crippen molar-refractivity contribution in [3.63, 3.8) is 0 Å². The summed E-state index contributed by atoms with van der Waals surface area (Å²) in [6.07, 6.45) is 5.86. The predicted octanol–water partition coefficient (Wildman–Crippen LogP) is 2.05. The molecule has 1 N–H and O–H groups in total. The van der Waals surface area contributed by atoms with Crippen LogP contribution in [0.5, 0.6) is 0 Å². The second-order valence-electron chi connectivity index (χ2n) is 5.31. The minimum Gasteiger partial charge on any atom is -0.338 e. The van der Waals surface area contributed by atoms with E-state index < -0.39 is 0 Å². The van der Waals surface area contributed by atoms with Crippen LogP contribution in [0.25, 0.3) is 0 Å². The van der Waals surface area contributed by atoms with E-state index in [9.17, 15) is 0 Å². The quantitative estimate of drug-likeness (QED) is 0.878. The Morgan fingerprint density at radius 2 is 2.05 bits per heavy atom. The van der Waals surface area contributed by atoms with Gasteiger partial charge in [0.1, 0.15) is 5.82 Å². The van der Waals surface area contributed by atoms with Gasteiger partial charge in [-0.1, -0.05) is 6.92 Å². The van der Waals surface area contributed by atoms with Crippen molar-refractivity contribution in [2.45, 2.75) is 39.7 Å². The van der Waals surface area contributed by atoms with Crippen LogP contribution in [0.4, 0.5) is 0 Å². The molecule has 1 unspecified atom stereocenters. The minimum absolute atomic E-state index is 0.338. The van der Waals surface area contributed by atoms with Crippen molar-refractivity contribution in [3.8, 4) is 0 Å². The van der Waals surface area contributed by atoms with E-state index >= 15 is 0 Å². The molecule has 110 valence electrons. The van der Waals surface area contributed by atoms with E-state index in [0.717, 1.165) is 30.9 Å². The highest BCUT2D eigenvalue weighted by molar-refractivity contribution is 5.28. The van der Waals surface area contributed by atoms with Crippen molar-refractivity contribution < 1.29 is 0 Å². The van der Waals surface area contributed by atoms with E-state index in [2.05, 4.69) is 40.7 Å². The van der Waals surface area contributed by atoms with Gasteiger partial charge in [0.2, 0.25) is 0 Å². The molecule has 5 nitrogen and oxygen atoms in total. The first kappa shape index (κ1) is 14.8. The number of aromatic nitrogens is 4. The molecular formula is C15H25N5. The van der Waals surface area contributed by atoms with E-state index in [1.54, 1.807) is 0 Å². The van der Waals surface area contributed by atoms with Gasteiger partial charge < -0.3 is 9.88 Å². The lowest BCUT2D eigenvalue weighted by Gasteiger charge is -2.18. The largest absolute Gasteiger partial charge is 0.338 e. The third kappa shape index (κ3) is 2.93. The normalized spacial score (nSPS) is 12.8. The zero-order chi connectivity index (χ0) is 14.7. The van der Waals surface area contributed by atoms with Gasteiger partial charge in [-0.15, -0.1) is 0 Å². The Bertz CT molecular complexity index is 567. The van der Waals surface area contributed by atoms with Crippen molar-refractivity contribution in [1.29, 1.82) is 0 Å². The molecule has 0 bridgehead atoms. The zero-order valence-electron chi connectivity index (χ0n) is 13.1. The summed E-state index contributed by atoms with van der Waals surface area (Å²) in [5.41, 5.74) is 3.70. The molecule has 0 saturated carbocycles. The Balaban J connectivity index is 2.16. The molecule has 0 saturated heterocycles. The average molecular weight is 275 g/mol. The molecule has 2 aromatic heterocycles. The van der Waals surface area contributed by atoms with Crippen LogP contribution in [0, 0.1) is 13.8 Å². The zero-order valence-corrected chi connectivity index (χ0v) is 13.1. The van der Waals surface area contributed by atoms with Gasteiger partial charge in [0.15, 0.2) is 0 Å². The summed E-state index contributed by atoms with van der Waals surface area (Å²) in [5, 5.41) is 8.12. The molecule has 0 aliphatic rings. The topological polar surface area (TPSA) is 47.7 Å². The maximum atomic E-state index is 4.53. The fraction of sp³-hybridized carbons (Fsp3) is 0.600. The Kier molecular flexibility index (Phi) is 4.60. The molecule has 2 rings (SSSR count). The highest BCUT2D eigenvalue weighted by Gasteiger charge is 2.19. The van der Waals surface area contributed by atoms with Crippen LogP contribution in [0.1, 0.15) is 42.2 Å². The summed E-state index contributed by atoms with van der Waals surface area (Å²) in [6.45, 7) is 7.34. The van der Waals surface area contributed by atoms with Gasteiger partial charge in [-0.05, 0) is 26.8 Å². The molecule has 0 aromatic carbocycles. The van der Waals surface area contributed by atoms with Gasteiger partial charge in [0, 0.05) is 50.2 Å². The van der Waals surface area contributed by atoms with Gasteiger partial charge in [-0.25, -0.2) is 4.98 Å². The van der Waals surface area contributed by atoms with E-state index in [1.807, 2.05) is 31.2 Å². The van der Waals surface area contributed by atoms with Crippen molar-refractivity contribution in [2.24, 2.45) is 14.1 Å². The van der Waals surface area contributed by atoms with Crippen LogP contribution in [-0.2, 0) is 20.5 Å². The number of hydrogen-bond acceptors (Lipinski definition) is 3. The number of aryl methyl sites for hydroxylation is 4. The Morgan fingerprint density at radius 1 is 1.30 bits per heavy atom. The third-order valence-corrected chi connectivity index (χ3v) is 3.94. The van der Waals surface area contributed by atoms with E-state index in [-0.39, 0.29) is 0 Å². The summed E-state index contributed by atoms with van der Waals surface area (Å²) in [7, 11) is 4.05. The predicted molar refractivity (Wildman–Crippen MR) is 80.6 cm³/mol. The highest BCUT2D eigenvalue weighted by Crippen LogP contribution is 2.25. The molecule has 2 aromatic rings. The standard InChI is InChI=1S/C15H25N5/c1-6-16-13(7-8-14-17-9-10-19(14)4)15-11(2)18-20(5)12(15)3/h9-10,13,16H,6-8H2,1-5H3. The van der Waals surface area contributed by atoms with Crippen LogP contribution in [0.2, 0.25) is 0 Å². The second kappa shape index (κ2) is 6.22. The highest BCUT2D eigenvalue weighted by atomic mass is 15.3. The molecule has 0 aliphatic carbocycles. The summed E-state index contributed by atoms with van der Waals surface area (Å²) >= 11 is 0. The van der Waals surface area contributed by atoms with Crippen LogP contribution < -0.4 is 5.32 Å². The van der Waals surface area contributed by atoms with Crippen molar-refractivity contribution in [3.05, 3.63) is 35.2 Å². The minimum atomic E-state index is 0.338. The molecule has 0 amide bonds. The number of hydrogen-bond donors (Lipinski definition) is 1. The van der Waals surface area contributed by atoms with Crippen molar-refractivity contribution >= 4 is 0 Å². The lowest BCUT2D eigenvalue weighted by molar-refractivity contribution is 0.501. The van der Waals surface area contributed by atoms with Gasteiger partial charge in [0.05, 0.1) is 5.69 Å². The molecule has 20 heavy (non-hydrogen) atoms. The first-order chi connectivity index (χ1) is 9.54. The third-order valence-electron chi connectivity index (χ3n) is 3.94. The SMILES string of the molecule is CCNC(CCc1nccn1C)c1c(C)nn(C)c1C. The summed E-state index contributed by atoms with van der Waals surface area (Å²) in [6, 6.07) is 0.338. The molecule has 0 radical (unpaired) electrons. The number of rotatable bonds is 6. The summed E-state index contributed by atoms with van der Waals surface area (Å²) < 4.78 is 4.06. The monoisotopic (exact) mass is 275 g/mol. The fourth-order valence-corrected chi connectivity index (χ4v) is 2.80. The molecule has 5 heteroatoms. The molecular weight excluding hydrogens is 250 g/mol. The second-order valence-corrected chi connectivity index (χ2v) is 5.31. The molecule has 2 heterocycles. The lowest BCUT2D eigenvalue weighted by Crippen LogP contribution is -2.23. The van der Waals surface area contributed by atoms with Crippen LogP contribution in [0.3, 0.4) is 0 Å². The fourth-order valence-electron chi connectivity index (χ4n) is 2.80. The van der Waals surface area contributed by atoms with Gasteiger partial charge in [-0.2, -0.15) is 5.10 Å². The molecule has 1 atom stereocenters. The number of nitrogens with one attached hydrogen (secondary N) is 1. The molecule has 0 fully saturated rings. The van der Waals surface area contributed by atoms with Crippen LogP contribution in [0.15, 0.2) is 12.4 Å². The van der Waals surface area contributed by atoms with E-state index in [0.29, 0.717) is 6.04 Å².